The number of aryl methyl sites for hydroxylation is 1. The number of nitrogens with one attached hydrogen (secondary N) is 3. The van der Waals surface area contributed by atoms with Gasteiger partial charge in [0.05, 0.1) is 23.6 Å². The van der Waals surface area contributed by atoms with E-state index < -0.39 is 0 Å². The van der Waals surface area contributed by atoms with Gasteiger partial charge in [-0.15, -0.1) is 0 Å². The first-order chi connectivity index (χ1) is 20.3. The highest BCUT2D eigenvalue weighted by Gasteiger charge is 2.27. The van der Waals surface area contributed by atoms with Crippen molar-refractivity contribution in [2.45, 2.75) is 57.9 Å². The Morgan fingerprint density at radius 1 is 1.02 bits per heavy atom. The van der Waals surface area contributed by atoms with E-state index in [9.17, 15) is 4.79 Å². The lowest BCUT2D eigenvalue weighted by Crippen LogP contribution is -2.43. The van der Waals surface area contributed by atoms with Crippen molar-refractivity contribution >= 4 is 23.2 Å². The fourth-order valence-corrected chi connectivity index (χ4v) is 5.42. The second kappa shape index (κ2) is 11.8. The van der Waals surface area contributed by atoms with Crippen molar-refractivity contribution in [2.24, 2.45) is 0 Å². The van der Waals surface area contributed by atoms with Crippen molar-refractivity contribution in [2.75, 3.05) is 36.4 Å². The average molecular weight is 568 g/mol. The van der Waals surface area contributed by atoms with Gasteiger partial charge in [0.15, 0.2) is 5.82 Å². The molecule has 4 aromatic rings. The van der Waals surface area contributed by atoms with Crippen LogP contribution in [0.5, 0.6) is 0 Å². The molecular weight excluding hydrogens is 530 g/mol. The largest absolute Gasteiger partial charge is 0.368 e. The fourth-order valence-electron chi connectivity index (χ4n) is 5.42. The molecule has 1 aromatic carbocycles. The first kappa shape index (κ1) is 27.8. The van der Waals surface area contributed by atoms with E-state index in [0.29, 0.717) is 11.6 Å². The first-order valence-electron chi connectivity index (χ1n) is 14.6. The van der Waals surface area contributed by atoms with Gasteiger partial charge in [0, 0.05) is 43.2 Å². The summed E-state index contributed by atoms with van der Waals surface area (Å²) in [7, 11) is 0. The Balaban J connectivity index is 1.17. The van der Waals surface area contributed by atoms with Crippen LogP contribution < -0.4 is 20.9 Å². The number of benzene rings is 1. The van der Waals surface area contributed by atoms with Crippen molar-refractivity contribution in [3.63, 3.8) is 0 Å². The molecular formula is C31H37N9O2. The van der Waals surface area contributed by atoms with Crippen molar-refractivity contribution in [1.29, 1.82) is 0 Å². The molecule has 3 aromatic heterocycles. The molecule has 0 saturated carbocycles. The van der Waals surface area contributed by atoms with Crippen molar-refractivity contribution < 1.29 is 9.32 Å². The molecule has 0 spiro atoms. The second-order valence-electron chi connectivity index (χ2n) is 11.9. The summed E-state index contributed by atoms with van der Waals surface area (Å²) in [6.07, 6.45) is 7.30. The fraction of sp³-hybridized carbons (Fsp3) is 0.419. The number of hydrogen-bond acceptors (Lipinski definition) is 10. The number of nitrogens with zero attached hydrogens (tertiary/aromatic N) is 6. The number of fused-ring (bicyclic) bond motifs is 1. The maximum atomic E-state index is 13.0. The van der Waals surface area contributed by atoms with E-state index in [-0.39, 0.29) is 23.3 Å². The predicted octanol–water partition coefficient (Wildman–Crippen LogP) is 4.57. The Labute approximate surface area is 245 Å². The monoisotopic (exact) mass is 567 g/mol. The SMILES string of the molecule is CC(C)(C)c1noc(C(=O)N[C@@H]2CCCCc3cc(-c4cc(Nc5ccc(N6CCNCC6)cn5)ncn4)ccc32)n1. The molecule has 0 unspecified atom stereocenters. The first-order valence-corrected chi connectivity index (χ1v) is 14.6. The lowest BCUT2D eigenvalue weighted by Gasteiger charge is -2.29. The Morgan fingerprint density at radius 3 is 2.64 bits per heavy atom. The van der Waals surface area contributed by atoms with Gasteiger partial charge < -0.3 is 25.4 Å². The van der Waals surface area contributed by atoms with Crippen molar-refractivity contribution in [3.05, 3.63) is 71.8 Å². The Kier molecular flexibility index (Phi) is 7.84. The number of anilines is 3. The molecule has 42 heavy (non-hydrogen) atoms. The summed E-state index contributed by atoms with van der Waals surface area (Å²) in [6, 6.07) is 12.2. The van der Waals surface area contributed by atoms with E-state index >= 15 is 0 Å². The molecule has 11 nitrogen and oxygen atoms in total. The standard InChI is InChI=1S/C31H37N9O2/c1-31(2,3)30-38-29(42-39-30)28(41)36-24-7-5-4-6-20-16-21(8-10-23(20)24)25-17-27(35-19-34-25)37-26-11-9-22(18-33-26)40-14-12-32-13-15-40/h8-11,16-19,24,32H,4-7,12-15H2,1-3H3,(H,36,41)(H,33,34,35,37)/t24-/m1/s1. The highest BCUT2D eigenvalue weighted by atomic mass is 16.5. The molecule has 1 atom stereocenters. The molecule has 2 aliphatic rings. The van der Waals surface area contributed by atoms with Crippen LogP contribution in [0.3, 0.4) is 0 Å². The van der Waals surface area contributed by atoms with Crippen molar-refractivity contribution in [3.8, 4) is 11.3 Å². The number of pyridine rings is 1. The third kappa shape index (κ3) is 6.25. The smallest absolute Gasteiger partial charge is 0.315 e. The summed E-state index contributed by atoms with van der Waals surface area (Å²) in [6.45, 7) is 9.89. The van der Waals surface area contributed by atoms with E-state index in [2.05, 4.69) is 70.2 Å². The molecule has 1 fully saturated rings. The van der Waals surface area contributed by atoms with Crippen LogP contribution in [-0.4, -0.2) is 57.2 Å². The van der Waals surface area contributed by atoms with Gasteiger partial charge in [0.25, 0.3) is 0 Å². The molecule has 6 rings (SSSR count). The van der Waals surface area contributed by atoms with E-state index in [4.69, 9.17) is 4.52 Å². The minimum atomic E-state index is -0.346. The van der Waals surface area contributed by atoms with E-state index in [1.54, 1.807) is 6.33 Å². The molecule has 1 amide bonds. The Morgan fingerprint density at radius 2 is 1.88 bits per heavy atom. The summed E-state index contributed by atoms with van der Waals surface area (Å²) < 4.78 is 5.28. The third-order valence-corrected chi connectivity index (χ3v) is 7.75. The van der Waals surface area contributed by atoms with Crippen LogP contribution in [0.2, 0.25) is 0 Å². The van der Waals surface area contributed by atoms with Crippen LogP contribution in [0.15, 0.2) is 53.4 Å². The average Bonchev–Trinajstić information content (AvgIpc) is 3.43. The van der Waals surface area contributed by atoms with Crippen LogP contribution in [0.1, 0.15) is 73.7 Å². The second-order valence-corrected chi connectivity index (χ2v) is 11.9. The number of piperazine rings is 1. The molecule has 218 valence electrons. The van der Waals surface area contributed by atoms with Gasteiger partial charge in [-0.2, -0.15) is 4.98 Å². The van der Waals surface area contributed by atoms with Gasteiger partial charge in [-0.25, -0.2) is 15.0 Å². The molecule has 0 radical (unpaired) electrons. The summed E-state index contributed by atoms with van der Waals surface area (Å²) >= 11 is 0. The highest BCUT2D eigenvalue weighted by Crippen LogP contribution is 2.32. The zero-order chi connectivity index (χ0) is 29.1. The summed E-state index contributed by atoms with van der Waals surface area (Å²) in [5.41, 5.74) is 4.96. The number of hydrogen-bond donors (Lipinski definition) is 3. The molecule has 1 saturated heterocycles. The highest BCUT2D eigenvalue weighted by molar-refractivity contribution is 5.89. The number of carbonyl (C=O) groups excluding carboxylic acids is 1. The molecule has 11 heteroatoms. The molecule has 4 heterocycles. The molecule has 0 bridgehead atoms. The predicted molar refractivity (Wildman–Crippen MR) is 161 cm³/mol. The van der Waals surface area contributed by atoms with Crippen LogP contribution in [0, 0.1) is 0 Å². The number of carbonyl (C=O) groups is 1. The zero-order valence-corrected chi connectivity index (χ0v) is 24.4. The van der Waals surface area contributed by atoms with Gasteiger partial charge >= 0.3 is 11.8 Å². The van der Waals surface area contributed by atoms with Crippen LogP contribution in [0.4, 0.5) is 17.3 Å². The maximum Gasteiger partial charge on any atom is 0.315 e. The Hall–Kier alpha value is -4.38. The zero-order valence-electron chi connectivity index (χ0n) is 24.4. The van der Waals surface area contributed by atoms with Gasteiger partial charge in [0.1, 0.15) is 18.0 Å². The molecule has 3 N–H and O–H groups in total. The normalized spacial score (nSPS) is 17.3. The van der Waals surface area contributed by atoms with E-state index in [0.717, 1.165) is 80.2 Å². The minimum Gasteiger partial charge on any atom is -0.368 e. The number of aromatic nitrogens is 5. The van der Waals surface area contributed by atoms with Gasteiger partial charge in [-0.3, -0.25) is 4.79 Å². The number of amides is 1. The summed E-state index contributed by atoms with van der Waals surface area (Å²) in [4.78, 5) is 33.2. The Bertz CT molecular complexity index is 1540. The number of rotatable bonds is 6. The van der Waals surface area contributed by atoms with E-state index in [1.165, 1.54) is 5.56 Å². The molecule has 1 aliphatic carbocycles. The maximum absolute atomic E-state index is 13.0. The lowest BCUT2D eigenvalue weighted by molar-refractivity contribution is 0.0890. The van der Waals surface area contributed by atoms with Crippen LogP contribution >= 0.6 is 0 Å². The van der Waals surface area contributed by atoms with Crippen LogP contribution in [-0.2, 0) is 11.8 Å². The molecule has 1 aliphatic heterocycles. The topological polar surface area (TPSA) is 134 Å². The quantitative estimate of drug-likeness (QED) is 0.285. The third-order valence-electron chi connectivity index (χ3n) is 7.75. The van der Waals surface area contributed by atoms with Gasteiger partial charge in [0.2, 0.25) is 0 Å². The minimum absolute atomic E-state index is 0.00344. The summed E-state index contributed by atoms with van der Waals surface area (Å²) in [5.74, 6) is 1.57. The van der Waals surface area contributed by atoms with Gasteiger partial charge in [-0.05, 0) is 48.6 Å². The van der Waals surface area contributed by atoms with Gasteiger partial charge in [-0.1, -0.05) is 44.5 Å². The van der Waals surface area contributed by atoms with Crippen molar-refractivity contribution in [1.82, 2.24) is 35.7 Å². The van der Waals surface area contributed by atoms with E-state index in [1.807, 2.05) is 39.1 Å². The summed E-state index contributed by atoms with van der Waals surface area (Å²) in [5, 5.41) is 13.8. The van der Waals surface area contributed by atoms with Crippen LogP contribution in [0.25, 0.3) is 11.3 Å². The lowest BCUT2D eigenvalue weighted by atomic mass is 9.95.